The molecule has 2 nitrogen and oxygen atoms in total. The van der Waals surface area contributed by atoms with E-state index in [0.29, 0.717) is 0 Å². The Bertz CT molecular complexity index is 3200. The number of thiazole rings is 1. The second-order valence-electron chi connectivity index (χ2n) is 14.4. The van der Waals surface area contributed by atoms with E-state index in [4.69, 9.17) is 4.98 Å². The standard InChI is InChI=1S/C53H34N2S2/c1-3-10-35(11-4-1)36-18-25-42(26-19-36)55(44-29-22-39(23-30-44)46-17-9-15-38-12-7-8-16-45(38)46)43-27-20-37(21-28-43)41-24-31-47-50(34-41)56-49-33-32-48-52(51(47)49)57-53(54-48)40-13-5-2-6-14-40/h1-34H. The fourth-order valence-corrected chi connectivity index (χ4v) is 10.4. The van der Waals surface area contributed by atoms with Crippen LogP contribution < -0.4 is 4.90 Å². The minimum absolute atomic E-state index is 1.06. The van der Waals surface area contributed by atoms with Crippen molar-refractivity contribution in [3.05, 3.63) is 206 Å². The minimum Gasteiger partial charge on any atom is -0.311 e. The van der Waals surface area contributed by atoms with Gasteiger partial charge in [-0.05, 0) is 98.8 Å². The topological polar surface area (TPSA) is 16.1 Å². The lowest BCUT2D eigenvalue weighted by Crippen LogP contribution is -2.09. The van der Waals surface area contributed by atoms with Crippen LogP contribution in [0.15, 0.2) is 206 Å². The molecule has 268 valence electrons. The number of hydrogen-bond acceptors (Lipinski definition) is 4. The van der Waals surface area contributed by atoms with Crippen molar-refractivity contribution in [1.82, 2.24) is 4.98 Å². The first-order chi connectivity index (χ1) is 28.2. The summed E-state index contributed by atoms with van der Waals surface area (Å²) in [4.78, 5) is 7.37. The molecule has 0 saturated heterocycles. The van der Waals surface area contributed by atoms with E-state index >= 15 is 0 Å². The molecule has 2 heterocycles. The lowest BCUT2D eigenvalue weighted by Gasteiger charge is -2.26. The summed E-state index contributed by atoms with van der Waals surface area (Å²) in [5.74, 6) is 0. The SMILES string of the molecule is c1ccc(-c2ccc(N(c3ccc(-c4ccc5c(c4)sc4ccc6nc(-c7ccccc7)sc6c45)cc3)c3ccc(-c4cccc5ccccc45)cc3)cc2)cc1. The number of hydrogen-bond donors (Lipinski definition) is 0. The maximum absolute atomic E-state index is 5.02. The Kier molecular flexibility index (Phi) is 8.24. The van der Waals surface area contributed by atoms with Gasteiger partial charge in [-0.15, -0.1) is 22.7 Å². The molecule has 0 fully saturated rings. The van der Waals surface area contributed by atoms with Gasteiger partial charge in [0.2, 0.25) is 0 Å². The molecule has 2 aromatic heterocycles. The summed E-state index contributed by atoms with van der Waals surface area (Å²) in [5.41, 5.74) is 12.8. The highest BCUT2D eigenvalue weighted by Crippen LogP contribution is 2.44. The monoisotopic (exact) mass is 762 g/mol. The zero-order valence-electron chi connectivity index (χ0n) is 30.8. The fourth-order valence-electron chi connectivity index (χ4n) is 8.08. The van der Waals surface area contributed by atoms with E-state index in [2.05, 4.69) is 211 Å². The van der Waals surface area contributed by atoms with E-state index in [9.17, 15) is 0 Å². The highest BCUT2D eigenvalue weighted by atomic mass is 32.1. The van der Waals surface area contributed by atoms with Crippen LogP contribution in [0.5, 0.6) is 0 Å². The molecule has 0 radical (unpaired) electrons. The van der Waals surface area contributed by atoms with E-state index in [0.717, 1.165) is 33.1 Å². The van der Waals surface area contributed by atoms with Gasteiger partial charge >= 0.3 is 0 Å². The van der Waals surface area contributed by atoms with Crippen molar-refractivity contribution in [1.29, 1.82) is 0 Å². The van der Waals surface area contributed by atoms with E-state index < -0.39 is 0 Å². The zero-order chi connectivity index (χ0) is 37.7. The van der Waals surface area contributed by atoms with Gasteiger partial charge < -0.3 is 4.90 Å². The molecule has 0 unspecified atom stereocenters. The van der Waals surface area contributed by atoms with Crippen LogP contribution in [-0.4, -0.2) is 4.98 Å². The summed E-state index contributed by atoms with van der Waals surface area (Å²) < 4.78 is 3.85. The molecule has 0 saturated carbocycles. The third kappa shape index (κ3) is 6.07. The predicted molar refractivity (Wildman–Crippen MR) is 246 cm³/mol. The second-order valence-corrected chi connectivity index (χ2v) is 16.4. The van der Waals surface area contributed by atoms with E-state index in [1.54, 1.807) is 11.3 Å². The number of rotatable bonds is 7. The summed E-state index contributed by atoms with van der Waals surface area (Å²) in [6.45, 7) is 0. The Balaban J connectivity index is 0.954. The highest BCUT2D eigenvalue weighted by molar-refractivity contribution is 7.28. The first kappa shape index (κ1) is 33.5. The molecule has 0 N–H and O–H groups in total. The molecular formula is C53H34N2S2. The van der Waals surface area contributed by atoms with Gasteiger partial charge in [0.05, 0.1) is 10.2 Å². The van der Waals surface area contributed by atoms with Crippen molar-refractivity contribution >= 4 is 80.9 Å². The first-order valence-electron chi connectivity index (χ1n) is 19.2. The molecule has 9 aromatic carbocycles. The Morgan fingerprint density at radius 1 is 0.368 bits per heavy atom. The second kappa shape index (κ2) is 14.0. The molecule has 0 aliphatic rings. The molecule has 57 heavy (non-hydrogen) atoms. The molecular weight excluding hydrogens is 729 g/mol. The normalized spacial score (nSPS) is 11.5. The molecule has 4 heteroatoms. The lowest BCUT2D eigenvalue weighted by atomic mass is 9.98. The maximum Gasteiger partial charge on any atom is 0.124 e. The summed E-state index contributed by atoms with van der Waals surface area (Å²) in [7, 11) is 0. The van der Waals surface area contributed by atoms with Crippen LogP contribution in [0.2, 0.25) is 0 Å². The Morgan fingerprint density at radius 3 is 1.63 bits per heavy atom. The number of aromatic nitrogens is 1. The third-order valence-electron chi connectivity index (χ3n) is 10.9. The number of nitrogens with zero attached hydrogens (tertiary/aromatic N) is 2. The Hall–Kier alpha value is -6.85. The summed E-state index contributed by atoms with van der Waals surface area (Å²) in [6.07, 6.45) is 0. The van der Waals surface area contributed by atoms with Crippen molar-refractivity contribution in [2.45, 2.75) is 0 Å². The summed E-state index contributed by atoms with van der Waals surface area (Å²) >= 11 is 3.65. The van der Waals surface area contributed by atoms with Crippen LogP contribution in [0.4, 0.5) is 17.1 Å². The quantitative estimate of drug-likeness (QED) is 0.161. The van der Waals surface area contributed by atoms with Gasteiger partial charge in [0, 0.05) is 42.8 Å². The molecule has 0 amide bonds. The fraction of sp³-hybridized carbons (Fsp3) is 0. The molecule has 11 aromatic rings. The summed E-state index contributed by atoms with van der Waals surface area (Å²) in [5, 5.41) is 6.19. The highest BCUT2D eigenvalue weighted by Gasteiger charge is 2.17. The van der Waals surface area contributed by atoms with Crippen LogP contribution in [0.3, 0.4) is 0 Å². The molecule has 0 aliphatic carbocycles. The molecule has 0 spiro atoms. The zero-order valence-corrected chi connectivity index (χ0v) is 32.5. The lowest BCUT2D eigenvalue weighted by molar-refractivity contribution is 1.28. The van der Waals surface area contributed by atoms with Crippen LogP contribution >= 0.6 is 22.7 Å². The van der Waals surface area contributed by atoms with Crippen molar-refractivity contribution in [2.75, 3.05) is 4.90 Å². The van der Waals surface area contributed by atoms with Crippen molar-refractivity contribution in [2.24, 2.45) is 0 Å². The average molecular weight is 763 g/mol. The predicted octanol–water partition coefficient (Wildman–Crippen LogP) is 16.0. The van der Waals surface area contributed by atoms with Crippen LogP contribution in [0.1, 0.15) is 0 Å². The molecule has 0 aliphatic heterocycles. The van der Waals surface area contributed by atoms with Crippen molar-refractivity contribution < 1.29 is 0 Å². The average Bonchev–Trinajstić information content (AvgIpc) is 3.89. The molecule has 11 rings (SSSR count). The smallest absolute Gasteiger partial charge is 0.124 e. The van der Waals surface area contributed by atoms with Crippen molar-refractivity contribution in [3.8, 4) is 44.0 Å². The third-order valence-corrected chi connectivity index (χ3v) is 13.2. The number of benzene rings is 9. The van der Waals surface area contributed by atoms with E-state index in [1.807, 2.05) is 11.3 Å². The number of anilines is 3. The number of fused-ring (bicyclic) bond motifs is 6. The van der Waals surface area contributed by atoms with Gasteiger partial charge in [0.15, 0.2) is 0 Å². The number of thiophene rings is 1. The van der Waals surface area contributed by atoms with Crippen LogP contribution in [0.25, 0.3) is 85.1 Å². The Labute approximate surface area is 339 Å². The molecule has 0 bridgehead atoms. The maximum atomic E-state index is 5.02. The van der Waals surface area contributed by atoms with E-state index in [1.165, 1.54) is 69.0 Å². The minimum atomic E-state index is 1.06. The van der Waals surface area contributed by atoms with Crippen LogP contribution in [0, 0.1) is 0 Å². The molecule has 0 atom stereocenters. The van der Waals surface area contributed by atoms with E-state index in [-0.39, 0.29) is 0 Å². The van der Waals surface area contributed by atoms with Gasteiger partial charge in [0.1, 0.15) is 5.01 Å². The van der Waals surface area contributed by atoms with Gasteiger partial charge in [-0.25, -0.2) is 4.98 Å². The van der Waals surface area contributed by atoms with Gasteiger partial charge in [-0.3, -0.25) is 0 Å². The first-order valence-corrected chi connectivity index (χ1v) is 20.8. The van der Waals surface area contributed by atoms with Gasteiger partial charge in [-0.2, -0.15) is 0 Å². The van der Waals surface area contributed by atoms with Crippen molar-refractivity contribution in [3.63, 3.8) is 0 Å². The largest absolute Gasteiger partial charge is 0.311 e. The van der Waals surface area contributed by atoms with Gasteiger partial charge in [-0.1, -0.05) is 152 Å². The Morgan fingerprint density at radius 2 is 0.930 bits per heavy atom. The summed E-state index contributed by atoms with van der Waals surface area (Å²) in [6, 6.07) is 74.5. The van der Waals surface area contributed by atoms with Gasteiger partial charge in [0.25, 0.3) is 0 Å². The van der Waals surface area contributed by atoms with Crippen LogP contribution in [-0.2, 0) is 0 Å².